The van der Waals surface area contributed by atoms with Crippen LogP contribution in [-0.4, -0.2) is 31.3 Å². The molecule has 1 atom stereocenters. The zero-order valence-corrected chi connectivity index (χ0v) is 14.8. The smallest absolute Gasteiger partial charge is 0.230 e. The van der Waals surface area contributed by atoms with Crippen molar-refractivity contribution in [2.45, 2.75) is 43.9 Å². The Balaban J connectivity index is 1.71. The summed E-state index contributed by atoms with van der Waals surface area (Å²) in [5.74, 6) is 1.22. The number of carbonyl (C=O) groups is 1. The highest BCUT2D eigenvalue weighted by Crippen LogP contribution is 2.25. The molecule has 2 rings (SSSR count). The minimum absolute atomic E-state index is 0.135. The van der Waals surface area contributed by atoms with Crippen LogP contribution in [0.15, 0.2) is 29.2 Å². The van der Waals surface area contributed by atoms with Gasteiger partial charge in [-0.1, -0.05) is 32.9 Å². The molecule has 0 radical (unpaired) electrons. The van der Waals surface area contributed by atoms with Crippen molar-refractivity contribution < 1.29 is 4.79 Å². The van der Waals surface area contributed by atoms with Gasteiger partial charge in [0.2, 0.25) is 5.91 Å². The van der Waals surface area contributed by atoms with Crippen LogP contribution in [0.2, 0.25) is 0 Å². The second-order valence-corrected chi connectivity index (χ2v) is 8.13. The van der Waals surface area contributed by atoms with Crippen molar-refractivity contribution in [3.05, 3.63) is 29.8 Å². The maximum absolute atomic E-state index is 11.9. The molecule has 0 bridgehead atoms. The molecule has 22 heavy (non-hydrogen) atoms. The molecule has 1 amide bonds. The predicted octanol–water partition coefficient (Wildman–Crippen LogP) is 3.19. The van der Waals surface area contributed by atoms with Crippen molar-refractivity contribution in [3.63, 3.8) is 0 Å². The Morgan fingerprint density at radius 2 is 2.05 bits per heavy atom. The van der Waals surface area contributed by atoms with E-state index in [1.807, 2.05) is 0 Å². The highest BCUT2D eigenvalue weighted by molar-refractivity contribution is 8.00. The number of thioether (sulfide) groups is 1. The predicted molar refractivity (Wildman–Crippen MR) is 94.5 cm³/mol. The maximum Gasteiger partial charge on any atom is 0.230 e. The van der Waals surface area contributed by atoms with Gasteiger partial charge in [-0.3, -0.25) is 4.79 Å². The summed E-state index contributed by atoms with van der Waals surface area (Å²) >= 11 is 1.61. The Hall–Kier alpha value is -1.00. The van der Waals surface area contributed by atoms with E-state index in [1.54, 1.807) is 11.8 Å². The van der Waals surface area contributed by atoms with Crippen molar-refractivity contribution in [1.82, 2.24) is 10.6 Å². The van der Waals surface area contributed by atoms with Crippen molar-refractivity contribution >= 4 is 17.7 Å². The summed E-state index contributed by atoms with van der Waals surface area (Å²) in [5.41, 5.74) is 1.50. The average molecular weight is 321 g/mol. The van der Waals surface area contributed by atoms with Crippen LogP contribution in [0, 0.1) is 5.92 Å². The number of amides is 1. The molecule has 3 nitrogen and oxygen atoms in total. The number of hydrogen-bond acceptors (Lipinski definition) is 3. The van der Waals surface area contributed by atoms with E-state index >= 15 is 0 Å². The van der Waals surface area contributed by atoms with Gasteiger partial charge in [-0.15, -0.1) is 11.8 Å². The van der Waals surface area contributed by atoms with E-state index in [9.17, 15) is 4.79 Å². The molecule has 1 heterocycles. The largest absolute Gasteiger partial charge is 0.355 e. The molecule has 1 unspecified atom stereocenters. The molecular formula is C18H28N2OS. The molecule has 0 saturated carbocycles. The van der Waals surface area contributed by atoms with E-state index in [2.05, 4.69) is 55.7 Å². The molecule has 122 valence electrons. The second-order valence-electron chi connectivity index (χ2n) is 7.08. The van der Waals surface area contributed by atoms with Crippen LogP contribution in [0.1, 0.15) is 39.2 Å². The minimum atomic E-state index is 0.135. The van der Waals surface area contributed by atoms with Gasteiger partial charge in [-0.05, 0) is 55.0 Å². The zero-order valence-electron chi connectivity index (χ0n) is 13.9. The standard InChI is InChI=1S/C18H28N2OS/c1-18(2,3)15-6-8-16(9-7-15)22-13-17(21)20-12-14-5-4-10-19-11-14/h6-9,14,19H,4-5,10-13H2,1-3H3,(H,20,21). The lowest BCUT2D eigenvalue weighted by Crippen LogP contribution is -2.38. The van der Waals surface area contributed by atoms with E-state index in [0.29, 0.717) is 11.7 Å². The Kier molecular flexibility index (Phi) is 6.33. The van der Waals surface area contributed by atoms with Crippen LogP contribution in [0.4, 0.5) is 0 Å². The van der Waals surface area contributed by atoms with Gasteiger partial charge in [-0.2, -0.15) is 0 Å². The van der Waals surface area contributed by atoms with Crippen LogP contribution in [0.3, 0.4) is 0 Å². The van der Waals surface area contributed by atoms with E-state index in [4.69, 9.17) is 0 Å². The van der Waals surface area contributed by atoms with Gasteiger partial charge in [0.1, 0.15) is 0 Å². The highest BCUT2D eigenvalue weighted by Gasteiger charge is 2.15. The Morgan fingerprint density at radius 3 is 2.64 bits per heavy atom. The number of hydrogen-bond donors (Lipinski definition) is 2. The van der Waals surface area contributed by atoms with Crippen LogP contribution in [0.5, 0.6) is 0 Å². The van der Waals surface area contributed by atoms with Gasteiger partial charge >= 0.3 is 0 Å². The monoisotopic (exact) mass is 320 g/mol. The summed E-state index contributed by atoms with van der Waals surface area (Å²) in [6, 6.07) is 8.55. The van der Waals surface area contributed by atoms with Crippen molar-refractivity contribution in [2.75, 3.05) is 25.4 Å². The zero-order chi connectivity index (χ0) is 16.0. The molecule has 0 spiro atoms. The topological polar surface area (TPSA) is 41.1 Å². The van der Waals surface area contributed by atoms with Crippen LogP contribution >= 0.6 is 11.8 Å². The molecule has 4 heteroatoms. The molecular weight excluding hydrogens is 292 g/mol. The fourth-order valence-corrected chi connectivity index (χ4v) is 3.34. The lowest BCUT2D eigenvalue weighted by Gasteiger charge is -2.22. The van der Waals surface area contributed by atoms with Gasteiger partial charge in [0.15, 0.2) is 0 Å². The molecule has 1 fully saturated rings. The fraction of sp³-hybridized carbons (Fsp3) is 0.611. The summed E-state index contributed by atoms with van der Waals surface area (Å²) in [6.07, 6.45) is 2.43. The van der Waals surface area contributed by atoms with Crippen LogP contribution in [-0.2, 0) is 10.2 Å². The molecule has 2 N–H and O–H groups in total. The van der Waals surface area contributed by atoms with Gasteiger partial charge < -0.3 is 10.6 Å². The normalized spacial score (nSPS) is 19.0. The third-order valence-corrected chi connectivity index (χ3v) is 5.09. The fourth-order valence-electron chi connectivity index (χ4n) is 2.61. The Bertz CT molecular complexity index is 473. The van der Waals surface area contributed by atoms with Crippen LogP contribution in [0.25, 0.3) is 0 Å². The van der Waals surface area contributed by atoms with Crippen LogP contribution < -0.4 is 10.6 Å². The SMILES string of the molecule is CC(C)(C)c1ccc(SCC(=O)NCC2CCCNC2)cc1. The van der Waals surface area contributed by atoms with Crippen molar-refractivity contribution in [2.24, 2.45) is 5.92 Å². The maximum atomic E-state index is 11.9. The first-order valence-electron chi connectivity index (χ1n) is 8.16. The first-order chi connectivity index (χ1) is 10.4. The minimum Gasteiger partial charge on any atom is -0.355 e. The van der Waals surface area contributed by atoms with E-state index < -0.39 is 0 Å². The molecule has 1 aliphatic rings. The summed E-state index contributed by atoms with van der Waals surface area (Å²) in [4.78, 5) is 13.1. The summed E-state index contributed by atoms with van der Waals surface area (Å²) < 4.78 is 0. The number of piperidine rings is 1. The van der Waals surface area contributed by atoms with Crippen molar-refractivity contribution in [1.29, 1.82) is 0 Å². The van der Waals surface area contributed by atoms with E-state index in [0.717, 1.165) is 24.5 Å². The van der Waals surface area contributed by atoms with Crippen molar-refractivity contribution in [3.8, 4) is 0 Å². The Morgan fingerprint density at radius 1 is 1.32 bits per heavy atom. The van der Waals surface area contributed by atoms with E-state index in [-0.39, 0.29) is 11.3 Å². The van der Waals surface area contributed by atoms with Gasteiger partial charge in [0, 0.05) is 11.4 Å². The molecule has 0 aliphatic carbocycles. The lowest BCUT2D eigenvalue weighted by atomic mass is 9.87. The highest BCUT2D eigenvalue weighted by atomic mass is 32.2. The third-order valence-electron chi connectivity index (χ3n) is 4.08. The van der Waals surface area contributed by atoms with Gasteiger partial charge in [-0.25, -0.2) is 0 Å². The number of benzene rings is 1. The second kappa shape index (κ2) is 8.02. The summed E-state index contributed by atoms with van der Waals surface area (Å²) in [7, 11) is 0. The average Bonchev–Trinajstić information content (AvgIpc) is 2.51. The Labute approximate surface area is 138 Å². The third kappa shape index (κ3) is 5.65. The van der Waals surface area contributed by atoms with E-state index in [1.165, 1.54) is 18.4 Å². The first-order valence-corrected chi connectivity index (χ1v) is 9.14. The molecule has 0 aromatic heterocycles. The number of nitrogens with one attached hydrogen (secondary N) is 2. The molecule has 1 aromatic rings. The molecule has 1 aliphatic heterocycles. The van der Waals surface area contributed by atoms with Gasteiger partial charge in [0.05, 0.1) is 5.75 Å². The first kappa shape index (κ1) is 17.4. The molecule has 1 aromatic carbocycles. The molecule has 1 saturated heterocycles. The number of rotatable bonds is 5. The summed E-state index contributed by atoms with van der Waals surface area (Å²) in [5, 5.41) is 6.44. The lowest BCUT2D eigenvalue weighted by molar-refractivity contribution is -0.118. The quantitative estimate of drug-likeness (QED) is 0.819. The van der Waals surface area contributed by atoms with Gasteiger partial charge in [0.25, 0.3) is 0 Å². The summed E-state index contributed by atoms with van der Waals surface area (Å²) in [6.45, 7) is 9.58. The number of carbonyl (C=O) groups excluding carboxylic acids is 1.